The van der Waals surface area contributed by atoms with Gasteiger partial charge in [-0.05, 0) is 30.3 Å². The highest BCUT2D eigenvalue weighted by molar-refractivity contribution is 9.10. The van der Waals surface area contributed by atoms with Crippen LogP contribution >= 0.6 is 15.9 Å². The van der Waals surface area contributed by atoms with Gasteiger partial charge in [0.1, 0.15) is 17.4 Å². The largest absolute Gasteiger partial charge is 0.457 e. The molecule has 5 heteroatoms. The van der Waals surface area contributed by atoms with E-state index in [0.717, 1.165) is 0 Å². The molecule has 0 fully saturated rings. The van der Waals surface area contributed by atoms with Gasteiger partial charge in [-0.15, -0.1) is 0 Å². The Balaban J connectivity index is 1.75. The minimum absolute atomic E-state index is 0.102. The summed E-state index contributed by atoms with van der Waals surface area (Å²) in [5, 5.41) is 0. The molecule has 0 aromatic heterocycles. The molecule has 1 aliphatic heterocycles. The van der Waals surface area contributed by atoms with Crippen LogP contribution in [0, 0.1) is 5.82 Å². The molecular weight excluding hydrogens is 387 g/mol. The first-order valence-electron chi connectivity index (χ1n) is 7.66. The second-order valence-electron chi connectivity index (χ2n) is 5.61. The van der Waals surface area contributed by atoms with E-state index >= 15 is 0 Å². The van der Waals surface area contributed by atoms with Crippen molar-refractivity contribution < 1.29 is 18.7 Å². The number of carbonyl (C=O) groups excluding carboxylic acids is 1. The molecule has 4 rings (SSSR count). The predicted octanol–water partition coefficient (Wildman–Crippen LogP) is 5.43. The molecule has 124 valence electrons. The van der Waals surface area contributed by atoms with Crippen molar-refractivity contribution in [3.05, 3.63) is 88.1 Å². The maximum absolute atomic E-state index is 14.0. The van der Waals surface area contributed by atoms with Crippen molar-refractivity contribution in [3.8, 4) is 17.2 Å². The van der Waals surface area contributed by atoms with Crippen LogP contribution in [0.2, 0.25) is 0 Å². The van der Waals surface area contributed by atoms with Crippen LogP contribution in [-0.2, 0) is 4.79 Å². The van der Waals surface area contributed by atoms with Crippen LogP contribution < -0.4 is 9.47 Å². The number of hydrogen-bond acceptors (Lipinski definition) is 3. The Kier molecular flexibility index (Phi) is 4.01. The fourth-order valence-electron chi connectivity index (χ4n) is 2.89. The summed E-state index contributed by atoms with van der Waals surface area (Å²) in [5.74, 6) is -0.738. The standard InChI is InChI=1S/C20H12BrFO3/c21-12-9-10-18(15(22)11-12)25-20(23)19-13-5-1-3-7-16(13)24-17-8-4-2-6-14(17)19/h1-11,19H. The number of halogens is 2. The molecule has 0 spiro atoms. The molecule has 1 aliphatic rings. The quantitative estimate of drug-likeness (QED) is 0.426. The third-order valence-electron chi connectivity index (χ3n) is 4.02. The van der Waals surface area contributed by atoms with Crippen molar-refractivity contribution in [1.82, 2.24) is 0 Å². The van der Waals surface area contributed by atoms with Gasteiger partial charge in [-0.3, -0.25) is 4.79 Å². The average molecular weight is 399 g/mol. The van der Waals surface area contributed by atoms with E-state index in [2.05, 4.69) is 15.9 Å². The van der Waals surface area contributed by atoms with Gasteiger partial charge in [-0.25, -0.2) is 4.39 Å². The Bertz CT molecular complexity index is 925. The molecule has 0 radical (unpaired) electrons. The number of hydrogen-bond donors (Lipinski definition) is 0. The van der Waals surface area contributed by atoms with Crippen LogP contribution in [-0.4, -0.2) is 5.97 Å². The summed E-state index contributed by atoms with van der Waals surface area (Å²) >= 11 is 3.18. The number of esters is 1. The maximum Gasteiger partial charge on any atom is 0.323 e. The van der Waals surface area contributed by atoms with Gasteiger partial charge in [0.15, 0.2) is 11.6 Å². The minimum atomic E-state index is -0.677. The van der Waals surface area contributed by atoms with Crippen LogP contribution in [0.25, 0.3) is 0 Å². The van der Waals surface area contributed by atoms with Crippen LogP contribution in [0.5, 0.6) is 17.2 Å². The first-order chi connectivity index (χ1) is 12.1. The summed E-state index contributed by atoms with van der Waals surface area (Å²) in [4.78, 5) is 12.9. The molecule has 25 heavy (non-hydrogen) atoms. The molecule has 3 nitrogen and oxygen atoms in total. The highest BCUT2D eigenvalue weighted by Crippen LogP contribution is 2.44. The summed E-state index contributed by atoms with van der Waals surface area (Å²) in [7, 11) is 0. The van der Waals surface area contributed by atoms with Crippen molar-refractivity contribution >= 4 is 21.9 Å². The van der Waals surface area contributed by atoms with Crippen LogP contribution in [0.4, 0.5) is 4.39 Å². The minimum Gasteiger partial charge on any atom is -0.457 e. The molecule has 1 heterocycles. The van der Waals surface area contributed by atoms with Crippen molar-refractivity contribution in [2.45, 2.75) is 5.92 Å². The fourth-order valence-corrected chi connectivity index (χ4v) is 3.22. The number of rotatable bonds is 2. The van der Waals surface area contributed by atoms with E-state index in [4.69, 9.17) is 9.47 Å². The zero-order valence-corrected chi connectivity index (χ0v) is 14.5. The Morgan fingerprint density at radius 1 is 0.960 bits per heavy atom. The van der Waals surface area contributed by atoms with Gasteiger partial charge in [0.05, 0.1) is 0 Å². The van der Waals surface area contributed by atoms with Gasteiger partial charge < -0.3 is 9.47 Å². The van der Waals surface area contributed by atoms with Crippen molar-refractivity contribution in [1.29, 1.82) is 0 Å². The lowest BCUT2D eigenvalue weighted by atomic mass is 9.88. The van der Waals surface area contributed by atoms with Gasteiger partial charge in [0.2, 0.25) is 0 Å². The molecule has 3 aromatic carbocycles. The summed E-state index contributed by atoms with van der Waals surface area (Å²) < 4.78 is 25.8. The van der Waals surface area contributed by atoms with Crippen LogP contribution in [0.3, 0.4) is 0 Å². The SMILES string of the molecule is O=C(Oc1ccc(Br)cc1F)C1c2ccccc2Oc2ccccc21. The topological polar surface area (TPSA) is 35.5 Å². The summed E-state index contributed by atoms with van der Waals surface area (Å²) in [6.45, 7) is 0. The average Bonchev–Trinajstić information content (AvgIpc) is 2.62. The number of benzene rings is 3. The molecule has 0 atom stereocenters. The second-order valence-corrected chi connectivity index (χ2v) is 6.52. The molecule has 0 N–H and O–H groups in total. The Hall–Kier alpha value is -2.66. The molecule has 0 amide bonds. The number of para-hydroxylation sites is 2. The smallest absolute Gasteiger partial charge is 0.323 e. The highest BCUT2D eigenvalue weighted by atomic mass is 79.9. The zero-order chi connectivity index (χ0) is 17.4. The van der Waals surface area contributed by atoms with Gasteiger partial charge in [-0.2, -0.15) is 0 Å². The molecular formula is C20H12BrFO3. The number of fused-ring (bicyclic) bond motifs is 2. The van der Waals surface area contributed by atoms with Gasteiger partial charge >= 0.3 is 5.97 Å². The van der Waals surface area contributed by atoms with Gasteiger partial charge in [0.25, 0.3) is 0 Å². The van der Waals surface area contributed by atoms with E-state index in [9.17, 15) is 9.18 Å². The van der Waals surface area contributed by atoms with Crippen LogP contribution in [0.1, 0.15) is 17.0 Å². The number of carbonyl (C=O) groups is 1. The van der Waals surface area contributed by atoms with Gasteiger partial charge in [0, 0.05) is 15.6 Å². The van der Waals surface area contributed by atoms with E-state index in [-0.39, 0.29) is 5.75 Å². The fraction of sp³-hybridized carbons (Fsp3) is 0.0500. The van der Waals surface area contributed by atoms with E-state index < -0.39 is 17.7 Å². The second kappa shape index (κ2) is 6.33. The third-order valence-corrected chi connectivity index (χ3v) is 4.51. The summed E-state index contributed by atoms with van der Waals surface area (Å²) in [6, 6.07) is 18.9. The van der Waals surface area contributed by atoms with Crippen LogP contribution in [0.15, 0.2) is 71.2 Å². The maximum atomic E-state index is 14.0. The lowest BCUT2D eigenvalue weighted by molar-refractivity contribution is -0.135. The van der Waals surface area contributed by atoms with E-state index in [1.54, 1.807) is 18.2 Å². The molecule has 0 unspecified atom stereocenters. The normalized spacial score (nSPS) is 12.7. The van der Waals surface area contributed by atoms with Crippen molar-refractivity contribution in [2.75, 3.05) is 0 Å². The predicted molar refractivity (Wildman–Crippen MR) is 94.5 cm³/mol. The lowest BCUT2D eigenvalue weighted by Crippen LogP contribution is -2.23. The van der Waals surface area contributed by atoms with E-state index in [0.29, 0.717) is 27.1 Å². The first kappa shape index (κ1) is 15.8. The molecule has 0 saturated carbocycles. The molecule has 3 aromatic rings. The Labute approximate surface area is 152 Å². The molecule has 0 aliphatic carbocycles. The summed E-state index contributed by atoms with van der Waals surface area (Å²) in [5.41, 5.74) is 1.40. The number of ether oxygens (including phenoxy) is 2. The third kappa shape index (κ3) is 2.91. The zero-order valence-electron chi connectivity index (χ0n) is 12.9. The summed E-state index contributed by atoms with van der Waals surface area (Å²) in [6.07, 6.45) is 0. The van der Waals surface area contributed by atoms with Gasteiger partial charge in [-0.1, -0.05) is 52.3 Å². The van der Waals surface area contributed by atoms with E-state index in [1.165, 1.54) is 12.1 Å². The Morgan fingerprint density at radius 2 is 1.56 bits per heavy atom. The molecule has 0 saturated heterocycles. The Morgan fingerprint density at radius 3 is 2.16 bits per heavy atom. The van der Waals surface area contributed by atoms with Crippen molar-refractivity contribution in [3.63, 3.8) is 0 Å². The van der Waals surface area contributed by atoms with Crippen molar-refractivity contribution in [2.24, 2.45) is 0 Å². The first-order valence-corrected chi connectivity index (χ1v) is 8.45. The van der Waals surface area contributed by atoms with E-state index in [1.807, 2.05) is 36.4 Å². The highest BCUT2D eigenvalue weighted by Gasteiger charge is 2.34. The monoisotopic (exact) mass is 398 g/mol. The lowest BCUT2D eigenvalue weighted by Gasteiger charge is -2.26. The molecule has 0 bridgehead atoms.